The molecule has 0 atom stereocenters. The van der Waals surface area contributed by atoms with Crippen LogP contribution in [0.25, 0.3) is 0 Å². The van der Waals surface area contributed by atoms with Crippen molar-refractivity contribution in [1.29, 1.82) is 0 Å². The molecule has 2 aromatic carbocycles. The fourth-order valence-corrected chi connectivity index (χ4v) is 4.76. The summed E-state index contributed by atoms with van der Waals surface area (Å²) in [6.07, 6.45) is 0.145. The molecule has 1 N–H and O–H groups in total. The minimum Gasteiger partial charge on any atom is -0.481 e. The number of hydrogen-bond donors (Lipinski definition) is 1. The standard InChI is InChI=1S/C16H15BrINO4S/c17-12-7-9-13(10-8-12)24(22,23)19(11-3-6-16(20)21)15-5-2-1-4-14(15)18/h1-2,4-5,7-10H,3,6,11H2,(H,20,21). The van der Waals surface area contributed by atoms with Crippen LogP contribution >= 0.6 is 38.5 Å². The van der Waals surface area contributed by atoms with E-state index in [0.29, 0.717) is 5.69 Å². The summed E-state index contributed by atoms with van der Waals surface area (Å²) in [7, 11) is -3.78. The van der Waals surface area contributed by atoms with Crippen molar-refractivity contribution >= 4 is 60.2 Å². The summed E-state index contributed by atoms with van der Waals surface area (Å²) in [5.41, 5.74) is 0.548. The topological polar surface area (TPSA) is 74.7 Å². The second-order valence-electron chi connectivity index (χ2n) is 4.98. The molecule has 8 heteroatoms. The van der Waals surface area contributed by atoms with Crippen LogP contribution in [0, 0.1) is 3.57 Å². The number of carbonyl (C=O) groups is 1. The first-order valence-corrected chi connectivity index (χ1v) is 10.4. The van der Waals surface area contributed by atoms with Crippen molar-refractivity contribution in [2.24, 2.45) is 0 Å². The molecule has 24 heavy (non-hydrogen) atoms. The van der Waals surface area contributed by atoms with E-state index >= 15 is 0 Å². The van der Waals surface area contributed by atoms with Crippen LogP contribution in [0.2, 0.25) is 0 Å². The molecular formula is C16H15BrINO4S. The summed E-state index contributed by atoms with van der Waals surface area (Å²) in [5, 5.41) is 8.83. The second kappa shape index (κ2) is 8.30. The number of rotatable bonds is 7. The van der Waals surface area contributed by atoms with Gasteiger partial charge in [0.1, 0.15) is 0 Å². The number of benzene rings is 2. The van der Waals surface area contributed by atoms with Gasteiger partial charge in [0.15, 0.2) is 0 Å². The molecule has 0 spiro atoms. The second-order valence-corrected chi connectivity index (χ2v) is 8.92. The smallest absolute Gasteiger partial charge is 0.303 e. The van der Waals surface area contributed by atoms with E-state index in [1.807, 2.05) is 12.1 Å². The van der Waals surface area contributed by atoms with Crippen LogP contribution in [-0.2, 0) is 14.8 Å². The number of nitrogens with zero attached hydrogens (tertiary/aromatic N) is 1. The highest BCUT2D eigenvalue weighted by molar-refractivity contribution is 14.1. The lowest BCUT2D eigenvalue weighted by Crippen LogP contribution is -2.33. The fraction of sp³-hybridized carbons (Fsp3) is 0.188. The molecule has 0 aliphatic rings. The first-order valence-electron chi connectivity index (χ1n) is 7.07. The average Bonchev–Trinajstić information content (AvgIpc) is 2.52. The van der Waals surface area contributed by atoms with Crippen LogP contribution in [0.15, 0.2) is 57.9 Å². The molecular weight excluding hydrogens is 509 g/mol. The van der Waals surface area contributed by atoms with Gasteiger partial charge in [-0.15, -0.1) is 0 Å². The zero-order valence-corrected chi connectivity index (χ0v) is 17.1. The number of hydrogen-bond acceptors (Lipinski definition) is 3. The van der Waals surface area contributed by atoms with Gasteiger partial charge in [0.05, 0.1) is 10.6 Å². The number of halogens is 2. The molecule has 0 amide bonds. The third kappa shape index (κ3) is 4.70. The van der Waals surface area contributed by atoms with E-state index in [9.17, 15) is 13.2 Å². The van der Waals surface area contributed by atoms with Crippen molar-refractivity contribution in [2.45, 2.75) is 17.7 Å². The molecule has 0 aliphatic heterocycles. The highest BCUT2D eigenvalue weighted by Crippen LogP contribution is 2.29. The molecule has 0 aromatic heterocycles. The van der Waals surface area contributed by atoms with Gasteiger partial charge in [-0.1, -0.05) is 28.1 Å². The van der Waals surface area contributed by atoms with E-state index in [1.54, 1.807) is 24.3 Å². The van der Waals surface area contributed by atoms with Crippen molar-refractivity contribution in [3.63, 3.8) is 0 Å². The Morgan fingerprint density at radius 2 is 1.75 bits per heavy atom. The fourth-order valence-electron chi connectivity index (χ4n) is 2.13. The van der Waals surface area contributed by atoms with Gasteiger partial charge in [0.2, 0.25) is 0 Å². The molecule has 128 valence electrons. The molecule has 2 aromatic rings. The van der Waals surface area contributed by atoms with Crippen LogP contribution < -0.4 is 4.31 Å². The Hall–Kier alpha value is -1.13. The minimum absolute atomic E-state index is 0.0875. The molecule has 5 nitrogen and oxygen atoms in total. The van der Waals surface area contributed by atoms with Crippen molar-refractivity contribution in [3.8, 4) is 0 Å². The highest BCUT2D eigenvalue weighted by Gasteiger charge is 2.26. The normalized spacial score (nSPS) is 11.2. The molecule has 0 bridgehead atoms. The van der Waals surface area contributed by atoms with Gasteiger partial charge in [0, 0.05) is 21.0 Å². The molecule has 0 radical (unpaired) electrons. The summed E-state index contributed by atoms with van der Waals surface area (Å²) in [5.74, 6) is -0.946. The Kier molecular flexibility index (Phi) is 6.64. The summed E-state index contributed by atoms with van der Waals surface area (Å²) in [6.45, 7) is 0.102. The monoisotopic (exact) mass is 523 g/mol. The van der Waals surface area contributed by atoms with Gasteiger partial charge in [-0.25, -0.2) is 8.42 Å². The Labute approximate surface area is 163 Å². The summed E-state index contributed by atoms with van der Waals surface area (Å²) < 4.78 is 28.9. The van der Waals surface area contributed by atoms with Crippen LogP contribution in [0.4, 0.5) is 5.69 Å². The maximum atomic E-state index is 13.0. The Morgan fingerprint density at radius 3 is 2.33 bits per heavy atom. The maximum Gasteiger partial charge on any atom is 0.303 e. The lowest BCUT2D eigenvalue weighted by molar-refractivity contribution is -0.137. The Morgan fingerprint density at radius 1 is 1.12 bits per heavy atom. The quantitative estimate of drug-likeness (QED) is 0.554. The third-order valence-corrected chi connectivity index (χ3v) is 6.54. The molecule has 0 saturated carbocycles. The van der Waals surface area contributed by atoms with Crippen molar-refractivity contribution in [1.82, 2.24) is 0 Å². The lowest BCUT2D eigenvalue weighted by Gasteiger charge is -2.25. The number of sulfonamides is 1. The largest absolute Gasteiger partial charge is 0.481 e. The number of aliphatic carboxylic acids is 1. The summed E-state index contributed by atoms with van der Waals surface area (Å²) in [6, 6.07) is 13.5. The minimum atomic E-state index is -3.78. The van der Waals surface area contributed by atoms with E-state index in [2.05, 4.69) is 38.5 Å². The third-order valence-electron chi connectivity index (χ3n) is 3.27. The lowest BCUT2D eigenvalue weighted by atomic mass is 10.3. The van der Waals surface area contributed by atoms with Crippen molar-refractivity contribution in [2.75, 3.05) is 10.8 Å². The van der Waals surface area contributed by atoms with Gasteiger partial charge in [-0.05, 0) is 65.4 Å². The van der Waals surface area contributed by atoms with E-state index < -0.39 is 16.0 Å². The van der Waals surface area contributed by atoms with Gasteiger partial charge in [-0.2, -0.15) is 0 Å². The molecule has 0 aliphatic carbocycles. The van der Waals surface area contributed by atoms with Gasteiger partial charge in [-0.3, -0.25) is 9.10 Å². The predicted octanol–water partition coefficient (Wildman–Crippen LogP) is 4.11. The molecule has 0 saturated heterocycles. The Balaban J connectivity index is 2.42. The molecule has 0 heterocycles. The first kappa shape index (κ1) is 19.2. The molecule has 0 unspecified atom stereocenters. The van der Waals surface area contributed by atoms with Gasteiger partial charge in [0.25, 0.3) is 10.0 Å². The maximum absolute atomic E-state index is 13.0. The van der Waals surface area contributed by atoms with Crippen molar-refractivity contribution in [3.05, 3.63) is 56.6 Å². The number of para-hydroxylation sites is 1. The van der Waals surface area contributed by atoms with Crippen molar-refractivity contribution < 1.29 is 18.3 Å². The van der Waals surface area contributed by atoms with E-state index in [-0.39, 0.29) is 24.3 Å². The van der Waals surface area contributed by atoms with Crippen LogP contribution in [0.1, 0.15) is 12.8 Å². The predicted molar refractivity (Wildman–Crippen MR) is 105 cm³/mol. The number of carboxylic acid groups (broad SMARTS) is 1. The van der Waals surface area contributed by atoms with Gasteiger partial charge < -0.3 is 5.11 Å². The zero-order chi connectivity index (χ0) is 17.7. The summed E-state index contributed by atoms with van der Waals surface area (Å²) in [4.78, 5) is 10.9. The zero-order valence-electron chi connectivity index (χ0n) is 12.5. The van der Waals surface area contributed by atoms with Crippen LogP contribution in [-0.4, -0.2) is 26.0 Å². The van der Waals surface area contributed by atoms with Gasteiger partial charge >= 0.3 is 5.97 Å². The van der Waals surface area contributed by atoms with E-state index in [1.165, 1.54) is 16.4 Å². The molecule has 2 rings (SSSR count). The van der Waals surface area contributed by atoms with E-state index in [4.69, 9.17) is 5.11 Å². The summed E-state index contributed by atoms with van der Waals surface area (Å²) >= 11 is 5.36. The Bertz CT molecular complexity index is 824. The van der Waals surface area contributed by atoms with Crippen LogP contribution in [0.3, 0.4) is 0 Å². The first-order chi connectivity index (χ1) is 11.3. The van der Waals surface area contributed by atoms with E-state index in [0.717, 1.165) is 8.04 Å². The average molecular weight is 524 g/mol. The number of anilines is 1. The molecule has 0 fully saturated rings. The highest BCUT2D eigenvalue weighted by atomic mass is 127. The SMILES string of the molecule is O=C(O)CCCN(c1ccccc1I)S(=O)(=O)c1ccc(Br)cc1. The van der Waals surface area contributed by atoms with Crippen LogP contribution in [0.5, 0.6) is 0 Å². The number of carboxylic acids is 1.